The molecule has 4 aliphatic rings. The molecule has 0 aromatic heterocycles. The molecule has 3 aliphatic carbocycles. The van der Waals surface area contributed by atoms with Crippen molar-refractivity contribution in [1.29, 1.82) is 0 Å². The van der Waals surface area contributed by atoms with Crippen LogP contribution in [-0.4, -0.2) is 6.10 Å². The minimum Gasteiger partial charge on any atom is -0.483 e. The molecule has 1 aliphatic heterocycles. The molecule has 1 spiro atoms. The van der Waals surface area contributed by atoms with Crippen molar-refractivity contribution in [2.24, 2.45) is 11.5 Å². The largest absolute Gasteiger partial charge is 0.483 e. The van der Waals surface area contributed by atoms with Crippen LogP contribution in [0.2, 0.25) is 0 Å². The summed E-state index contributed by atoms with van der Waals surface area (Å²) in [7, 11) is 0. The Labute approximate surface area is 313 Å². The Bertz CT molecular complexity index is 2370. The van der Waals surface area contributed by atoms with E-state index in [9.17, 15) is 0 Å². The van der Waals surface area contributed by atoms with Gasteiger partial charge >= 0.3 is 0 Å². The van der Waals surface area contributed by atoms with Crippen LogP contribution in [0.25, 0.3) is 11.6 Å². The van der Waals surface area contributed by atoms with Crippen LogP contribution in [0.5, 0.6) is 5.75 Å². The Morgan fingerprint density at radius 2 is 1.64 bits per heavy atom. The average molecular weight is 692 g/mol. The summed E-state index contributed by atoms with van der Waals surface area (Å²) in [6.45, 7) is 15.1. The lowest BCUT2D eigenvalue weighted by molar-refractivity contribution is 0.253. The van der Waals surface area contributed by atoms with Crippen molar-refractivity contribution in [1.82, 2.24) is 0 Å². The molecule has 8 rings (SSSR count). The molecule has 0 bridgehead atoms. The van der Waals surface area contributed by atoms with Crippen LogP contribution in [0.4, 0.5) is 11.4 Å². The maximum atomic E-state index is 6.79. The zero-order chi connectivity index (χ0) is 36.9. The molecule has 0 amide bonds. The van der Waals surface area contributed by atoms with Gasteiger partial charge in [0, 0.05) is 28.6 Å². The summed E-state index contributed by atoms with van der Waals surface area (Å²) in [6.07, 6.45) is 20.5. The highest BCUT2D eigenvalue weighted by molar-refractivity contribution is 5.96. The number of anilines is 2. The number of fused-ring (bicyclic) bond motifs is 7. The zero-order valence-corrected chi connectivity index (χ0v) is 30.6. The topological polar surface area (TPSA) is 64.5 Å². The number of hydrogen-bond acceptors (Lipinski definition) is 4. The number of allylic oxidation sites excluding steroid dienone is 12. The molecule has 0 radical (unpaired) electrons. The van der Waals surface area contributed by atoms with Gasteiger partial charge in [0.05, 0.1) is 11.1 Å². The average Bonchev–Trinajstić information content (AvgIpc) is 3.62. The molecule has 53 heavy (non-hydrogen) atoms. The lowest BCUT2D eigenvalue weighted by Gasteiger charge is -2.38. The van der Waals surface area contributed by atoms with Crippen molar-refractivity contribution >= 4 is 23.0 Å². The highest BCUT2D eigenvalue weighted by Crippen LogP contribution is 2.60. The van der Waals surface area contributed by atoms with E-state index in [1.54, 1.807) is 6.20 Å². The molecule has 4 aromatic rings. The highest BCUT2D eigenvalue weighted by Gasteiger charge is 2.51. The third-order valence-electron chi connectivity index (χ3n) is 11.0. The van der Waals surface area contributed by atoms with E-state index in [-0.39, 0.29) is 12.0 Å². The van der Waals surface area contributed by atoms with Gasteiger partial charge in [-0.25, -0.2) is 0 Å². The standard InChI is InChI=1S/C49H45N3O/c1-6-12-35-20-21-36-24-27-38(29-44(36)49(45(35)30-50)42(28-19-32(4)51)33(5)39-13-7-9-16-43(39)49)52(37-25-22-34(23-26-37)31(2)3)46-17-11-15-41-40-14-8-10-18-47(40)53-48(41)46/h6-31,41,48H,1,5,50-51H2,2-4H3/b32-19+,35-12?,42-28+,45-30+. The van der Waals surface area contributed by atoms with Gasteiger partial charge in [-0.2, -0.15) is 0 Å². The SMILES string of the molecule is C=CC=C1C=Cc2ccc(N(C3=CC=CC4c5ccccc5OC34)c3ccc(C(C)C)cc3)cc2C2(/C(=C/C=C(\C)N)C(=C)c3ccccc32)/C1=C/N. The van der Waals surface area contributed by atoms with Crippen LogP contribution in [0.1, 0.15) is 66.0 Å². The van der Waals surface area contributed by atoms with Crippen molar-refractivity contribution < 1.29 is 4.74 Å². The Kier molecular flexibility index (Phi) is 8.54. The molecule has 3 unspecified atom stereocenters. The van der Waals surface area contributed by atoms with Gasteiger partial charge in [0.15, 0.2) is 0 Å². The number of hydrogen-bond donors (Lipinski definition) is 2. The van der Waals surface area contributed by atoms with Gasteiger partial charge < -0.3 is 21.1 Å². The second-order valence-corrected chi connectivity index (χ2v) is 14.5. The summed E-state index contributed by atoms with van der Waals surface area (Å²) in [5.41, 5.74) is 26.9. The van der Waals surface area contributed by atoms with Crippen molar-refractivity contribution in [3.63, 3.8) is 0 Å². The minimum atomic E-state index is -0.811. The van der Waals surface area contributed by atoms with Crippen molar-refractivity contribution in [3.05, 3.63) is 220 Å². The Hall–Kier alpha value is -6.26. The molecule has 3 atom stereocenters. The predicted octanol–water partition coefficient (Wildman–Crippen LogP) is 11.0. The second kappa shape index (κ2) is 13.4. The van der Waals surface area contributed by atoms with Crippen LogP contribution in [0, 0.1) is 0 Å². The Balaban J connectivity index is 1.41. The first-order valence-corrected chi connectivity index (χ1v) is 18.3. The fraction of sp³-hybridized carbons (Fsp3) is 0.143. The van der Waals surface area contributed by atoms with Crippen LogP contribution in [0.15, 0.2) is 187 Å². The van der Waals surface area contributed by atoms with Gasteiger partial charge in [-0.1, -0.05) is 130 Å². The molecular formula is C49H45N3O. The number of ether oxygens (including phenoxy) is 1. The Morgan fingerprint density at radius 3 is 2.40 bits per heavy atom. The van der Waals surface area contributed by atoms with E-state index in [0.29, 0.717) is 11.6 Å². The predicted molar refractivity (Wildman–Crippen MR) is 222 cm³/mol. The van der Waals surface area contributed by atoms with Crippen molar-refractivity contribution in [3.8, 4) is 5.75 Å². The maximum absolute atomic E-state index is 6.79. The monoisotopic (exact) mass is 691 g/mol. The van der Waals surface area contributed by atoms with Gasteiger partial charge in [-0.15, -0.1) is 0 Å². The van der Waals surface area contributed by atoms with E-state index in [1.807, 2.05) is 31.2 Å². The zero-order valence-electron chi connectivity index (χ0n) is 30.6. The normalized spacial score (nSPS) is 23.5. The van der Waals surface area contributed by atoms with E-state index in [4.69, 9.17) is 22.8 Å². The summed E-state index contributed by atoms with van der Waals surface area (Å²) in [4.78, 5) is 2.37. The fourth-order valence-corrected chi connectivity index (χ4v) is 8.60. The van der Waals surface area contributed by atoms with Gasteiger partial charge in [0.1, 0.15) is 11.9 Å². The Morgan fingerprint density at radius 1 is 0.887 bits per heavy atom. The first-order chi connectivity index (χ1) is 25.8. The van der Waals surface area contributed by atoms with Gasteiger partial charge in [0.25, 0.3) is 0 Å². The smallest absolute Gasteiger partial charge is 0.149 e. The van der Waals surface area contributed by atoms with Crippen LogP contribution in [-0.2, 0) is 5.41 Å². The van der Waals surface area contributed by atoms with E-state index in [2.05, 4.69) is 147 Å². The quantitative estimate of drug-likeness (QED) is 0.211. The van der Waals surface area contributed by atoms with Crippen LogP contribution < -0.4 is 21.1 Å². The van der Waals surface area contributed by atoms with Crippen LogP contribution in [0.3, 0.4) is 0 Å². The summed E-state index contributed by atoms with van der Waals surface area (Å²) in [6, 6.07) is 32.7. The van der Waals surface area contributed by atoms with Gasteiger partial charge in [-0.05, 0) is 112 Å². The fourth-order valence-electron chi connectivity index (χ4n) is 8.60. The molecule has 262 valence electrons. The molecule has 4 aromatic carbocycles. The summed E-state index contributed by atoms with van der Waals surface area (Å²) < 4.78 is 6.79. The summed E-state index contributed by atoms with van der Waals surface area (Å²) in [5, 5.41) is 0. The van der Waals surface area contributed by atoms with E-state index < -0.39 is 5.41 Å². The lowest BCUT2D eigenvalue weighted by Crippen LogP contribution is -2.34. The molecule has 0 saturated heterocycles. The first kappa shape index (κ1) is 33.9. The molecule has 4 N–H and O–H groups in total. The highest BCUT2D eigenvalue weighted by atomic mass is 16.5. The number of nitrogens with zero attached hydrogens (tertiary/aromatic N) is 1. The van der Waals surface area contributed by atoms with Gasteiger partial charge in [-0.3, -0.25) is 0 Å². The summed E-state index contributed by atoms with van der Waals surface area (Å²) >= 11 is 0. The molecule has 1 heterocycles. The van der Waals surface area contributed by atoms with Crippen molar-refractivity contribution in [2.45, 2.75) is 44.1 Å². The molecular weight excluding hydrogens is 647 g/mol. The van der Waals surface area contributed by atoms with Crippen molar-refractivity contribution in [2.75, 3.05) is 4.90 Å². The number of para-hydroxylation sites is 1. The number of nitrogens with two attached hydrogens (primary N) is 2. The lowest BCUT2D eigenvalue weighted by atomic mass is 9.64. The third kappa shape index (κ3) is 5.36. The molecule has 4 nitrogen and oxygen atoms in total. The van der Waals surface area contributed by atoms with E-state index in [1.165, 1.54) is 11.1 Å². The van der Waals surface area contributed by atoms with E-state index >= 15 is 0 Å². The second-order valence-electron chi connectivity index (χ2n) is 14.5. The third-order valence-corrected chi connectivity index (χ3v) is 11.0. The maximum Gasteiger partial charge on any atom is 0.149 e. The molecule has 0 fully saturated rings. The minimum absolute atomic E-state index is 0.1000. The van der Waals surface area contributed by atoms with Gasteiger partial charge in [0.2, 0.25) is 0 Å². The summed E-state index contributed by atoms with van der Waals surface area (Å²) in [5.74, 6) is 1.44. The van der Waals surface area contributed by atoms with E-state index in [0.717, 1.165) is 67.4 Å². The molecule has 0 saturated carbocycles. The molecule has 4 heteroatoms. The number of rotatable bonds is 6. The van der Waals surface area contributed by atoms with Crippen LogP contribution >= 0.6 is 0 Å². The first-order valence-electron chi connectivity index (χ1n) is 18.3. The number of benzene rings is 4.